The smallest absolute Gasteiger partial charge is 0.331 e. The first kappa shape index (κ1) is 23.1. The monoisotopic (exact) mass is 474 g/mol. The van der Waals surface area contributed by atoms with Gasteiger partial charge in [-0.05, 0) is 75.8 Å². The Hall–Kier alpha value is -3.68. The minimum absolute atomic E-state index is 0.112. The second-order valence-electron chi connectivity index (χ2n) is 10.1. The molecule has 2 aromatic carbocycles. The lowest BCUT2D eigenvalue weighted by Gasteiger charge is -2.19. The number of amides is 2. The Balaban J connectivity index is 1.38. The lowest BCUT2D eigenvalue weighted by atomic mass is 10.1. The van der Waals surface area contributed by atoms with Gasteiger partial charge >= 0.3 is 5.69 Å². The highest BCUT2D eigenvalue weighted by Crippen LogP contribution is 2.46. The molecule has 0 radical (unpaired) electrons. The lowest BCUT2D eigenvalue weighted by molar-refractivity contribution is -0.120. The summed E-state index contributed by atoms with van der Waals surface area (Å²) in [5.74, 6) is -0.0129. The van der Waals surface area contributed by atoms with Gasteiger partial charge in [0, 0.05) is 30.4 Å². The molecule has 1 aromatic heterocycles. The van der Waals surface area contributed by atoms with E-state index < -0.39 is 5.41 Å². The van der Waals surface area contributed by atoms with Crippen LogP contribution in [0.5, 0.6) is 0 Å². The molecule has 0 saturated heterocycles. The molecule has 2 fully saturated rings. The number of nitrogens with one attached hydrogen (secondary N) is 2. The molecule has 5 rings (SSSR count). The fraction of sp³-hybridized carbons (Fsp3) is 0.407. The van der Waals surface area contributed by atoms with Crippen molar-refractivity contribution in [1.29, 1.82) is 0 Å². The number of carbonyl (C=O) groups excluding carboxylic acids is 2. The summed E-state index contributed by atoms with van der Waals surface area (Å²) in [5, 5.41) is 6.23. The maximum absolute atomic E-state index is 13.2. The standard InChI is InChI=1S/C27H30N4O4/c1-17(2)31-22-11-10-20(14-21(22)24(33)30(26(31)35)15-18-8-9-18)29-25(34)27(12-13-27)16-28-23(32)19-6-4-3-5-7-19/h3-7,10-11,14,17-18H,8-9,12-13,15-16H2,1-2H3,(H,28,32)(H,29,34). The summed E-state index contributed by atoms with van der Waals surface area (Å²) in [6.45, 7) is 4.52. The van der Waals surface area contributed by atoms with E-state index in [1.165, 1.54) is 4.57 Å². The maximum Gasteiger partial charge on any atom is 0.331 e. The van der Waals surface area contributed by atoms with Crippen LogP contribution in [0.1, 0.15) is 55.9 Å². The molecule has 0 aliphatic heterocycles. The quantitative estimate of drug-likeness (QED) is 0.523. The van der Waals surface area contributed by atoms with Crippen molar-refractivity contribution in [2.75, 3.05) is 11.9 Å². The number of carbonyl (C=O) groups is 2. The Morgan fingerprint density at radius 3 is 2.40 bits per heavy atom. The molecule has 0 unspecified atom stereocenters. The van der Waals surface area contributed by atoms with E-state index in [0.29, 0.717) is 47.5 Å². The van der Waals surface area contributed by atoms with Gasteiger partial charge in [0.25, 0.3) is 11.5 Å². The van der Waals surface area contributed by atoms with Gasteiger partial charge in [-0.15, -0.1) is 0 Å². The summed E-state index contributed by atoms with van der Waals surface area (Å²) in [6, 6.07) is 13.9. The molecule has 35 heavy (non-hydrogen) atoms. The minimum Gasteiger partial charge on any atom is -0.351 e. The summed E-state index contributed by atoms with van der Waals surface area (Å²) in [5.41, 5.74) is 0.372. The van der Waals surface area contributed by atoms with E-state index in [-0.39, 0.29) is 35.6 Å². The number of anilines is 1. The van der Waals surface area contributed by atoms with Crippen LogP contribution in [0.25, 0.3) is 10.9 Å². The van der Waals surface area contributed by atoms with Gasteiger partial charge in [-0.3, -0.25) is 23.5 Å². The highest BCUT2D eigenvalue weighted by molar-refractivity contribution is 6.00. The zero-order valence-electron chi connectivity index (χ0n) is 20.0. The van der Waals surface area contributed by atoms with Crippen LogP contribution in [-0.4, -0.2) is 27.5 Å². The third kappa shape index (κ3) is 4.52. The van der Waals surface area contributed by atoms with E-state index in [0.717, 1.165) is 12.8 Å². The van der Waals surface area contributed by atoms with Gasteiger partial charge in [0.15, 0.2) is 0 Å². The number of nitrogens with zero attached hydrogens (tertiary/aromatic N) is 2. The fourth-order valence-corrected chi connectivity index (χ4v) is 4.52. The van der Waals surface area contributed by atoms with Crippen LogP contribution in [0.4, 0.5) is 5.69 Å². The van der Waals surface area contributed by atoms with Crippen molar-refractivity contribution >= 4 is 28.4 Å². The first-order valence-electron chi connectivity index (χ1n) is 12.2. The van der Waals surface area contributed by atoms with E-state index in [1.54, 1.807) is 47.0 Å². The number of benzene rings is 2. The molecule has 1 heterocycles. The third-order valence-corrected chi connectivity index (χ3v) is 7.04. The van der Waals surface area contributed by atoms with Crippen molar-refractivity contribution in [3.05, 3.63) is 74.9 Å². The number of rotatable bonds is 8. The van der Waals surface area contributed by atoms with Crippen LogP contribution < -0.4 is 21.9 Å². The molecule has 0 atom stereocenters. The average molecular weight is 475 g/mol. The van der Waals surface area contributed by atoms with E-state index >= 15 is 0 Å². The number of hydrogen-bond donors (Lipinski definition) is 2. The normalized spacial score (nSPS) is 16.3. The second kappa shape index (κ2) is 8.83. The second-order valence-corrected chi connectivity index (χ2v) is 10.1. The predicted molar refractivity (Wildman–Crippen MR) is 135 cm³/mol. The van der Waals surface area contributed by atoms with Crippen LogP contribution in [0, 0.1) is 11.3 Å². The van der Waals surface area contributed by atoms with Gasteiger partial charge in [0.05, 0.1) is 16.3 Å². The predicted octanol–water partition coefficient (Wildman–Crippen LogP) is 3.30. The topological polar surface area (TPSA) is 102 Å². The van der Waals surface area contributed by atoms with Crippen molar-refractivity contribution < 1.29 is 9.59 Å². The molecule has 2 N–H and O–H groups in total. The average Bonchev–Trinajstić information content (AvgIpc) is 3.77. The molecule has 182 valence electrons. The molecule has 8 heteroatoms. The molecule has 3 aromatic rings. The van der Waals surface area contributed by atoms with Gasteiger partial charge in [-0.2, -0.15) is 0 Å². The highest BCUT2D eigenvalue weighted by atomic mass is 16.2. The van der Waals surface area contributed by atoms with Crippen LogP contribution in [0.15, 0.2) is 58.1 Å². The molecule has 2 saturated carbocycles. The number of fused-ring (bicyclic) bond motifs is 1. The summed E-state index contributed by atoms with van der Waals surface area (Å²) in [7, 11) is 0. The zero-order chi connectivity index (χ0) is 24.7. The molecule has 2 aliphatic carbocycles. The van der Waals surface area contributed by atoms with Crippen molar-refractivity contribution in [3.63, 3.8) is 0 Å². The summed E-state index contributed by atoms with van der Waals surface area (Å²) < 4.78 is 2.99. The number of aromatic nitrogens is 2. The molecule has 0 bridgehead atoms. The molecule has 2 amide bonds. The SMILES string of the molecule is CC(C)n1c(=O)n(CC2CC2)c(=O)c2cc(NC(=O)C3(CNC(=O)c4ccccc4)CC3)ccc21. The number of hydrogen-bond acceptors (Lipinski definition) is 4. The minimum atomic E-state index is -0.651. The summed E-state index contributed by atoms with van der Waals surface area (Å²) in [6.07, 6.45) is 3.43. The van der Waals surface area contributed by atoms with E-state index in [9.17, 15) is 19.2 Å². The lowest BCUT2D eigenvalue weighted by Crippen LogP contribution is -2.41. The fourth-order valence-electron chi connectivity index (χ4n) is 4.52. The molecular weight excluding hydrogens is 444 g/mol. The Kier molecular flexibility index (Phi) is 5.83. The summed E-state index contributed by atoms with van der Waals surface area (Å²) in [4.78, 5) is 51.8. The molecule has 8 nitrogen and oxygen atoms in total. The van der Waals surface area contributed by atoms with Gasteiger partial charge in [0.1, 0.15) is 0 Å². The van der Waals surface area contributed by atoms with Gasteiger partial charge in [0.2, 0.25) is 5.91 Å². The van der Waals surface area contributed by atoms with E-state index in [1.807, 2.05) is 19.9 Å². The van der Waals surface area contributed by atoms with Crippen LogP contribution in [-0.2, 0) is 11.3 Å². The van der Waals surface area contributed by atoms with Gasteiger partial charge in [-0.1, -0.05) is 18.2 Å². The zero-order valence-corrected chi connectivity index (χ0v) is 20.0. The summed E-state index contributed by atoms with van der Waals surface area (Å²) >= 11 is 0. The highest BCUT2D eigenvalue weighted by Gasteiger charge is 2.50. The molecule has 2 aliphatic rings. The van der Waals surface area contributed by atoms with Gasteiger partial charge < -0.3 is 10.6 Å². The first-order chi connectivity index (χ1) is 16.8. The Labute approximate surface area is 203 Å². The first-order valence-corrected chi connectivity index (χ1v) is 12.2. The van der Waals surface area contributed by atoms with Gasteiger partial charge in [-0.25, -0.2) is 4.79 Å². The Morgan fingerprint density at radius 1 is 1.06 bits per heavy atom. The molecular formula is C27H30N4O4. The van der Waals surface area contributed by atoms with Crippen molar-refractivity contribution in [2.45, 2.75) is 52.1 Å². The maximum atomic E-state index is 13.2. The van der Waals surface area contributed by atoms with E-state index in [4.69, 9.17) is 0 Å². The third-order valence-electron chi connectivity index (χ3n) is 7.04. The van der Waals surface area contributed by atoms with Crippen LogP contribution in [0.2, 0.25) is 0 Å². The van der Waals surface area contributed by atoms with E-state index in [2.05, 4.69) is 10.6 Å². The Bertz CT molecular complexity index is 1410. The Morgan fingerprint density at radius 2 is 1.77 bits per heavy atom. The van der Waals surface area contributed by atoms with Crippen molar-refractivity contribution in [1.82, 2.24) is 14.5 Å². The van der Waals surface area contributed by atoms with Crippen molar-refractivity contribution in [3.8, 4) is 0 Å². The largest absolute Gasteiger partial charge is 0.351 e. The van der Waals surface area contributed by atoms with Crippen LogP contribution in [0.3, 0.4) is 0 Å². The van der Waals surface area contributed by atoms with Crippen LogP contribution >= 0.6 is 0 Å². The van der Waals surface area contributed by atoms with Crippen molar-refractivity contribution in [2.24, 2.45) is 11.3 Å². The molecule has 0 spiro atoms.